The van der Waals surface area contributed by atoms with Gasteiger partial charge in [0.05, 0.1) is 10.5 Å². The van der Waals surface area contributed by atoms with Crippen LogP contribution in [0.3, 0.4) is 0 Å². The number of nitro benzene ring substituents is 1. The van der Waals surface area contributed by atoms with E-state index in [4.69, 9.17) is 20.9 Å². The first-order chi connectivity index (χ1) is 12.0. The van der Waals surface area contributed by atoms with Crippen molar-refractivity contribution in [1.82, 2.24) is 10.1 Å². The minimum Gasteiger partial charge on any atom is -0.452 e. The van der Waals surface area contributed by atoms with Crippen molar-refractivity contribution < 1.29 is 19.0 Å². The molecule has 126 valence electrons. The van der Waals surface area contributed by atoms with E-state index in [9.17, 15) is 14.9 Å². The Morgan fingerprint density at radius 2 is 2.00 bits per heavy atom. The maximum atomic E-state index is 12.0. The van der Waals surface area contributed by atoms with Crippen molar-refractivity contribution in [3.8, 4) is 11.4 Å². The molecule has 0 fully saturated rings. The van der Waals surface area contributed by atoms with Gasteiger partial charge in [-0.25, -0.2) is 4.79 Å². The zero-order valence-corrected chi connectivity index (χ0v) is 13.3. The van der Waals surface area contributed by atoms with E-state index in [1.165, 1.54) is 18.2 Å². The molecule has 2 aromatic carbocycles. The summed E-state index contributed by atoms with van der Waals surface area (Å²) in [4.78, 5) is 26.2. The van der Waals surface area contributed by atoms with E-state index in [1.54, 1.807) is 24.3 Å². The van der Waals surface area contributed by atoms with Gasteiger partial charge in [0.2, 0.25) is 5.82 Å². The number of esters is 1. The molecule has 1 aromatic heterocycles. The molecule has 3 rings (SSSR count). The minimum atomic E-state index is -0.727. The van der Waals surface area contributed by atoms with Crippen LogP contribution in [0.4, 0.5) is 5.69 Å². The zero-order valence-electron chi connectivity index (χ0n) is 12.6. The number of non-ortho nitro benzene ring substituents is 1. The molecule has 0 amide bonds. The second kappa shape index (κ2) is 7.10. The van der Waals surface area contributed by atoms with E-state index in [-0.39, 0.29) is 23.7 Å². The summed E-state index contributed by atoms with van der Waals surface area (Å²) in [5, 5.41) is 15.1. The summed E-state index contributed by atoms with van der Waals surface area (Å²) in [7, 11) is 0. The first-order valence-corrected chi connectivity index (χ1v) is 7.41. The average Bonchev–Trinajstić information content (AvgIpc) is 3.09. The Bertz CT molecular complexity index is 924. The van der Waals surface area contributed by atoms with Crippen LogP contribution < -0.4 is 0 Å². The van der Waals surface area contributed by atoms with Gasteiger partial charge in [-0.05, 0) is 30.3 Å². The highest BCUT2D eigenvalue weighted by molar-refractivity contribution is 6.30. The third-order valence-electron chi connectivity index (χ3n) is 3.19. The van der Waals surface area contributed by atoms with Gasteiger partial charge in [0.15, 0.2) is 6.61 Å². The van der Waals surface area contributed by atoms with Gasteiger partial charge >= 0.3 is 5.97 Å². The summed E-state index contributed by atoms with van der Waals surface area (Å²) in [6.07, 6.45) is 0. The topological polar surface area (TPSA) is 108 Å². The summed E-state index contributed by atoms with van der Waals surface area (Å²) < 4.78 is 10.1. The quantitative estimate of drug-likeness (QED) is 0.388. The van der Waals surface area contributed by atoms with Crippen LogP contribution >= 0.6 is 11.6 Å². The van der Waals surface area contributed by atoms with E-state index in [0.717, 1.165) is 6.07 Å². The summed E-state index contributed by atoms with van der Waals surface area (Å²) in [5.41, 5.74) is 0.563. The standard InChI is InChI=1S/C16H10ClN3O5/c17-12-6-4-10(5-7-12)15-18-14(25-19-15)9-24-16(21)11-2-1-3-13(8-11)20(22)23/h1-8H,9H2. The van der Waals surface area contributed by atoms with Gasteiger partial charge in [-0.1, -0.05) is 22.8 Å². The highest BCUT2D eigenvalue weighted by atomic mass is 35.5. The molecule has 0 spiro atoms. The Morgan fingerprint density at radius 1 is 1.24 bits per heavy atom. The van der Waals surface area contributed by atoms with Crippen molar-refractivity contribution in [2.75, 3.05) is 0 Å². The van der Waals surface area contributed by atoms with Crippen LogP contribution in [0, 0.1) is 10.1 Å². The van der Waals surface area contributed by atoms with Crippen LogP contribution in [0.2, 0.25) is 5.02 Å². The Morgan fingerprint density at radius 3 is 2.72 bits per heavy atom. The van der Waals surface area contributed by atoms with Gasteiger partial charge in [0.25, 0.3) is 11.6 Å². The lowest BCUT2D eigenvalue weighted by Crippen LogP contribution is -2.06. The van der Waals surface area contributed by atoms with Crippen LogP contribution in [0.25, 0.3) is 11.4 Å². The third-order valence-corrected chi connectivity index (χ3v) is 3.44. The molecule has 0 saturated heterocycles. The summed E-state index contributed by atoms with van der Waals surface area (Å²) in [6.45, 7) is -0.248. The van der Waals surface area contributed by atoms with E-state index in [0.29, 0.717) is 16.4 Å². The molecular formula is C16H10ClN3O5. The number of benzene rings is 2. The number of hydrogen-bond donors (Lipinski definition) is 0. The van der Waals surface area contributed by atoms with Gasteiger partial charge in [0, 0.05) is 22.7 Å². The second-order valence-electron chi connectivity index (χ2n) is 4.90. The summed E-state index contributed by atoms with van der Waals surface area (Å²) >= 11 is 5.81. The van der Waals surface area contributed by atoms with Crippen molar-refractivity contribution in [3.63, 3.8) is 0 Å². The number of carbonyl (C=O) groups is 1. The third kappa shape index (κ3) is 3.99. The number of nitro groups is 1. The highest BCUT2D eigenvalue weighted by Gasteiger charge is 2.15. The number of rotatable bonds is 5. The fourth-order valence-corrected chi connectivity index (χ4v) is 2.11. The smallest absolute Gasteiger partial charge is 0.338 e. The molecule has 25 heavy (non-hydrogen) atoms. The molecule has 1 heterocycles. The van der Waals surface area contributed by atoms with Crippen LogP contribution in [-0.4, -0.2) is 21.0 Å². The zero-order chi connectivity index (χ0) is 17.8. The number of nitrogens with zero attached hydrogens (tertiary/aromatic N) is 3. The number of ether oxygens (including phenoxy) is 1. The Kier molecular flexibility index (Phi) is 4.71. The molecule has 0 bridgehead atoms. The first-order valence-electron chi connectivity index (χ1n) is 7.03. The molecule has 0 atom stereocenters. The molecule has 0 N–H and O–H groups in total. The van der Waals surface area contributed by atoms with Crippen LogP contribution in [0.15, 0.2) is 53.1 Å². The minimum absolute atomic E-state index is 0.0617. The molecular weight excluding hydrogens is 350 g/mol. The number of hydrogen-bond acceptors (Lipinski definition) is 7. The van der Waals surface area contributed by atoms with Crippen LogP contribution in [-0.2, 0) is 11.3 Å². The highest BCUT2D eigenvalue weighted by Crippen LogP contribution is 2.19. The van der Waals surface area contributed by atoms with Crippen molar-refractivity contribution in [2.24, 2.45) is 0 Å². The lowest BCUT2D eigenvalue weighted by atomic mass is 10.2. The van der Waals surface area contributed by atoms with Gasteiger partial charge < -0.3 is 9.26 Å². The fraction of sp³-hybridized carbons (Fsp3) is 0.0625. The van der Waals surface area contributed by atoms with E-state index < -0.39 is 10.9 Å². The first kappa shape index (κ1) is 16.6. The van der Waals surface area contributed by atoms with Crippen molar-refractivity contribution in [2.45, 2.75) is 6.61 Å². The predicted molar refractivity (Wildman–Crippen MR) is 87.0 cm³/mol. The van der Waals surface area contributed by atoms with E-state index >= 15 is 0 Å². The SMILES string of the molecule is O=C(OCc1nc(-c2ccc(Cl)cc2)no1)c1cccc([N+](=O)[O-])c1. The van der Waals surface area contributed by atoms with E-state index in [1.807, 2.05) is 0 Å². The van der Waals surface area contributed by atoms with Gasteiger partial charge in [-0.15, -0.1) is 0 Å². The van der Waals surface area contributed by atoms with Crippen molar-refractivity contribution in [3.05, 3.63) is 75.1 Å². The Hall–Kier alpha value is -3.26. The second-order valence-corrected chi connectivity index (χ2v) is 5.34. The van der Waals surface area contributed by atoms with Gasteiger partial charge in [-0.2, -0.15) is 4.98 Å². The predicted octanol–water partition coefficient (Wildman–Crippen LogP) is 3.66. The molecule has 0 aliphatic heterocycles. The number of aromatic nitrogens is 2. The van der Waals surface area contributed by atoms with Crippen LogP contribution in [0.1, 0.15) is 16.2 Å². The molecule has 3 aromatic rings. The molecule has 0 saturated carbocycles. The molecule has 0 aliphatic rings. The molecule has 0 aliphatic carbocycles. The van der Waals surface area contributed by atoms with Crippen molar-refractivity contribution >= 4 is 23.3 Å². The molecule has 9 heteroatoms. The lowest BCUT2D eigenvalue weighted by Gasteiger charge is -2.01. The monoisotopic (exact) mass is 359 g/mol. The largest absolute Gasteiger partial charge is 0.452 e. The Balaban J connectivity index is 1.66. The maximum absolute atomic E-state index is 12.0. The van der Waals surface area contributed by atoms with Gasteiger partial charge in [-0.3, -0.25) is 10.1 Å². The molecule has 0 unspecified atom stereocenters. The van der Waals surface area contributed by atoms with E-state index in [2.05, 4.69) is 10.1 Å². The number of halogens is 1. The number of carbonyl (C=O) groups excluding carboxylic acids is 1. The Labute approximate surface area is 146 Å². The average molecular weight is 360 g/mol. The van der Waals surface area contributed by atoms with Gasteiger partial charge in [0.1, 0.15) is 0 Å². The molecule has 8 nitrogen and oxygen atoms in total. The maximum Gasteiger partial charge on any atom is 0.338 e. The fourth-order valence-electron chi connectivity index (χ4n) is 1.99. The van der Waals surface area contributed by atoms with Crippen LogP contribution in [0.5, 0.6) is 0 Å². The summed E-state index contributed by atoms with van der Waals surface area (Å²) in [6, 6.07) is 12.1. The summed E-state index contributed by atoms with van der Waals surface area (Å²) in [5.74, 6) is -0.295. The molecule has 0 radical (unpaired) electrons. The normalized spacial score (nSPS) is 10.4. The van der Waals surface area contributed by atoms with Crippen molar-refractivity contribution in [1.29, 1.82) is 0 Å². The lowest BCUT2D eigenvalue weighted by molar-refractivity contribution is -0.384.